The zero-order chi connectivity index (χ0) is 64.5. The fourth-order valence-electron chi connectivity index (χ4n) is 8.73. The van der Waals surface area contributed by atoms with Gasteiger partial charge in [-0.15, -0.1) is 7.05 Å². The highest BCUT2D eigenvalue weighted by Gasteiger charge is 2.27. The Bertz CT molecular complexity index is 1950. The Labute approximate surface area is 513 Å². The van der Waals surface area contributed by atoms with Gasteiger partial charge in [0.05, 0.1) is 54.5 Å². The monoisotopic (exact) mass is 1230 g/mol. The Kier molecular flexibility index (Phi) is 46.4. The lowest BCUT2D eigenvalue weighted by Gasteiger charge is -2.36. The van der Waals surface area contributed by atoms with Gasteiger partial charge < -0.3 is 66.1 Å². The van der Waals surface area contributed by atoms with Gasteiger partial charge in [0.2, 0.25) is 0 Å². The largest absolute Gasteiger partial charge is 0.466 e. The van der Waals surface area contributed by atoms with Gasteiger partial charge >= 0.3 is 59.7 Å². The van der Waals surface area contributed by atoms with Gasteiger partial charge in [0.1, 0.15) is 64.9 Å². The summed E-state index contributed by atoms with van der Waals surface area (Å²) in [5, 5.41) is 2.86. The summed E-state index contributed by atoms with van der Waals surface area (Å²) in [5.41, 5.74) is 0. The van der Waals surface area contributed by atoms with Crippen molar-refractivity contribution in [3.8, 4) is 0 Å². The fourth-order valence-corrected chi connectivity index (χ4v) is 8.73. The first-order valence-electron chi connectivity index (χ1n) is 31.3. The lowest BCUT2D eigenvalue weighted by molar-refractivity contribution is -0.883. The average Bonchev–Trinajstić information content (AvgIpc) is 3.63. The van der Waals surface area contributed by atoms with Crippen molar-refractivity contribution in [2.45, 2.75) is 194 Å². The summed E-state index contributed by atoms with van der Waals surface area (Å²) in [4.78, 5) is 120. The second-order valence-corrected chi connectivity index (χ2v) is 23.9. The second kappa shape index (κ2) is 49.5. The van der Waals surface area contributed by atoms with Crippen molar-refractivity contribution in [3.63, 3.8) is 0 Å². The summed E-state index contributed by atoms with van der Waals surface area (Å²) in [5.74, 6) is -3.91. The van der Waals surface area contributed by atoms with Crippen molar-refractivity contribution in [3.05, 3.63) is 7.05 Å². The van der Waals surface area contributed by atoms with Crippen LogP contribution in [0.1, 0.15) is 182 Å². The Morgan fingerprint density at radius 2 is 0.686 bits per heavy atom. The Morgan fingerprint density at radius 3 is 1.10 bits per heavy atom. The molecule has 0 aliphatic heterocycles. The Hall–Kier alpha value is -5.46. The third kappa shape index (κ3) is 54.0. The van der Waals surface area contributed by atoms with E-state index in [1.54, 1.807) is 7.05 Å². The van der Waals surface area contributed by atoms with Crippen LogP contribution in [-0.2, 0) is 95.3 Å². The first kappa shape index (κ1) is 80.5. The molecule has 3 atom stereocenters. The number of ether oxygens (including phenoxy) is 10. The molecule has 0 saturated carbocycles. The normalized spacial score (nSPS) is 12.8. The minimum absolute atomic E-state index is 0.000479. The molecule has 0 aromatic carbocycles. The van der Waals surface area contributed by atoms with Gasteiger partial charge in [0.25, 0.3) is 0 Å². The zero-order valence-electron chi connectivity index (χ0n) is 54.2. The highest BCUT2D eigenvalue weighted by atomic mass is 16.6. The molecule has 3 unspecified atom stereocenters. The van der Waals surface area contributed by atoms with Crippen molar-refractivity contribution in [2.24, 2.45) is 0 Å². The van der Waals surface area contributed by atoms with Crippen LogP contribution in [-0.4, -0.2) is 226 Å². The third-order valence-electron chi connectivity index (χ3n) is 13.8. The van der Waals surface area contributed by atoms with E-state index in [0.717, 1.165) is 128 Å². The lowest BCUT2D eigenvalue weighted by Crippen LogP contribution is -2.48. The Morgan fingerprint density at radius 1 is 0.349 bits per heavy atom. The van der Waals surface area contributed by atoms with E-state index in [1.165, 1.54) is 27.7 Å². The van der Waals surface area contributed by atoms with E-state index in [9.17, 15) is 47.9 Å². The van der Waals surface area contributed by atoms with Crippen LogP contribution in [0.15, 0.2) is 0 Å². The summed E-state index contributed by atoms with van der Waals surface area (Å²) < 4.78 is 53.8. The molecule has 0 spiro atoms. The van der Waals surface area contributed by atoms with Gasteiger partial charge in [-0.2, -0.15) is 0 Å². The van der Waals surface area contributed by atoms with E-state index in [0.29, 0.717) is 58.5 Å². The predicted molar refractivity (Wildman–Crippen MR) is 319 cm³/mol. The van der Waals surface area contributed by atoms with Crippen LogP contribution in [0.2, 0.25) is 0 Å². The maximum absolute atomic E-state index is 13.0. The molecule has 0 aliphatic rings. The summed E-state index contributed by atoms with van der Waals surface area (Å²) in [7, 11) is 13.0. The molecular formula is C62H112N4O20+2. The molecule has 86 heavy (non-hydrogen) atoms. The number of carbonyl (C=O) groups is 10. The summed E-state index contributed by atoms with van der Waals surface area (Å²) in [6, 6.07) is 0. The first-order chi connectivity index (χ1) is 40.7. The SMILES string of the molecule is [CH2-][N+](C)(CCOC(C)=O)CC(=O)OCC(CCCCCCCCC(=O)OCCCCCCCCCCOC(=O)CCCCCCCCC(COC(=O)C[N+](C)(C)CCOC(C)=O)OC(=O)C[N+](C)(C)CCOC(C)=O)OC(=O)CNCCOC(C)=O. The number of hydrogen-bond donors (Lipinski definition) is 1. The molecule has 0 amide bonds. The molecule has 0 fully saturated rings. The van der Waals surface area contributed by atoms with E-state index in [4.69, 9.17) is 47.4 Å². The minimum Gasteiger partial charge on any atom is -0.466 e. The number of carbonyl (C=O) groups excluding carboxylic acids is 10. The first-order valence-corrected chi connectivity index (χ1v) is 31.3. The molecular weight excluding hydrogens is 1120 g/mol. The highest BCUT2D eigenvalue weighted by molar-refractivity contribution is 5.73. The van der Waals surface area contributed by atoms with Crippen LogP contribution < -0.4 is 5.32 Å². The molecule has 0 radical (unpaired) electrons. The molecule has 498 valence electrons. The van der Waals surface area contributed by atoms with Crippen molar-refractivity contribution in [2.75, 3.05) is 140 Å². The Balaban J connectivity index is 4.24. The average molecular weight is 1230 g/mol. The fraction of sp³-hybridized carbons (Fsp3) is 0.823. The van der Waals surface area contributed by atoms with Crippen molar-refractivity contribution < 1.29 is 109 Å². The number of unbranched alkanes of at least 4 members (excludes halogenated alkanes) is 17. The molecule has 0 rings (SSSR count). The zero-order valence-corrected chi connectivity index (χ0v) is 54.2. The van der Waals surface area contributed by atoms with Gasteiger partial charge in [0.15, 0.2) is 19.6 Å². The number of likely N-dealkylation sites (N-methyl/N-ethyl adjacent to an activating group) is 3. The van der Waals surface area contributed by atoms with Crippen molar-refractivity contribution >= 4 is 59.7 Å². The van der Waals surface area contributed by atoms with Crippen LogP contribution in [0.3, 0.4) is 0 Å². The predicted octanol–water partition coefficient (Wildman–Crippen LogP) is 6.58. The molecule has 1 N–H and O–H groups in total. The van der Waals surface area contributed by atoms with Gasteiger partial charge in [0, 0.05) is 54.1 Å². The van der Waals surface area contributed by atoms with Crippen LogP contribution in [0.4, 0.5) is 0 Å². The van der Waals surface area contributed by atoms with Crippen LogP contribution in [0.5, 0.6) is 0 Å². The molecule has 0 saturated heterocycles. The van der Waals surface area contributed by atoms with E-state index >= 15 is 0 Å². The number of rotatable bonds is 55. The standard InChI is InChI=1S/C62H112N4O20/c1-51(67)77-41-35-63-45-59(73)85-55(49-83-60(74)46-64(5,6)36-42-78-52(2)68)31-25-19-13-15-21-27-33-57(71)81-39-29-23-17-11-12-18-24-30-40-82-58(72)34-28-22-16-14-20-26-32-56(86-62(76)48-66(9,10)38-44-80-54(4)70)50-84-61(75)47-65(7,8)37-43-79-53(3)69/h55-56,63H,5,11-50H2,1-4,6-10H3/q+2. The smallest absolute Gasteiger partial charge is 0.362 e. The molecule has 0 aromatic heterocycles. The van der Waals surface area contributed by atoms with Gasteiger partial charge in [-0.3, -0.25) is 33.6 Å². The minimum atomic E-state index is -0.652. The topological polar surface area (TPSA) is 275 Å². The van der Waals surface area contributed by atoms with Crippen molar-refractivity contribution in [1.29, 1.82) is 0 Å². The van der Waals surface area contributed by atoms with E-state index in [1.807, 2.05) is 28.2 Å². The van der Waals surface area contributed by atoms with Gasteiger partial charge in [-0.1, -0.05) is 89.9 Å². The molecule has 0 bridgehead atoms. The van der Waals surface area contributed by atoms with Gasteiger partial charge in [-0.05, 0) is 51.4 Å². The number of hydrogen-bond acceptors (Lipinski definition) is 21. The van der Waals surface area contributed by atoms with Gasteiger partial charge in [-0.25, -0.2) is 14.4 Å². The molecule has 0 aromatic rings. The molecule has 0 aliphatic carbocycles. The van der Waals surface area contributed by atoms with Crippen LogP contribution in [0, 0.1) is 7.05 Å². The van der Waals surface area contributed by atoms with Crippen LogP contribution >= 0.6 is 0 Å². The van der Waals surface area contributed by atoms with Crippen LogP contribution in [0.25, 0.3) is 0 Å². The highest BCUT2D eigenvalue weighted by Crippen LogP contribution is 2.16. The third-order valence-corrected chi connectivity index (χ3v) is 13.8. The summed E-state index contributed by atoms with van der Waals surface area (Å²) in [6.45, 7) is 7.86. The molecule has 24 nitrogen and oxygen atoms in total. The number of nitrogens with zero attached hydrogens (tertiary/aromatic N) is 3. The number of esters is 10. The number of quaternary nitrogens is 3. The maximum atomic E-state index is 13.0. The number of nitrogens with one attached hydrogen (secondary N) is 1. The quantitative estimate of drug-likeness (QED) is 0.0221. The molecule has 0 heterocycles. The second-order valence-electron chi connectivity index (χ2n) is 23.9. The van der Waals surface area contributed by atoms with E-state index < -0.39 is 54.0 Å². The lowest BCUT2D eigenvalue weighted by atomic mass is 10.1. The van der Waals surface area contributed by atoms with E-state index in [-0.39, 0.29) is 104 Å². The van der Waals surface area contributed by atoms with Crippen molar-refractivity contribution in [1.82, 2.24) is 5.32 Å². The summed E-state index contributed by atoms with van der Waals surface area (Å²) in [6.07, 6.45) is 18.8. The summed E-state index contributed by atoms with van der Waals surface area (Å²) >= 11 is 0. The maximum Gasteiger partial charge on any atom is 0.362 e. The molecule has 24 heteroatoms. The van der Waals surface area contributed by atoms with E-state index in [2.05, 4.69) is 12.4 Å².